The third kappa shape index (κ3) is 3.52. The molecular weight excluding hydrogens is 281 g/mol. The van der Waals surface area contributed by atoms with Crippen molar-refractivity contribution in [3.63, 3.8) is 0 Å². The van der Waals surface area contributed by atoms with Gasteiger partial charge in [-0.2, -0.15) is 0 Å². The van der Waals surface area contributed by atoms with Crippen molar-refractivity contribution in [1.82, 2.24) is 5.32 Å². The average molecular weight is 300 g/mol. The topological polar surface area (TPSA) is 12.0 Å². The van der Waals surface area contributed by atoms with Crippen LogP contribution in [-0.4, -0.2) is 12.6 Å². The summed E-state index contributed by atoms with van der Waals surface area (Å²) in [6.07, 6.45) is 3.45. The van der Waals surface area contributed by atoms with Crippen molar-refractivity contribution in [2.45, 2.75) is 39.2 Å². The molecule has 1 aromatic rings. The van der Waals surface area contributed by atoms with E-state index in [1.807, 2.05) is 0 Å². The van der Waals surface area contributed by atoms with Crippen LogP contribution in [-0.2, 0) is 6.42 Å². The largest absolute Gasteiger partial charge is 0.314 e. The van der Waals surface area contributed by atoms with Gasteiger partial charge in [0, 0.05) is 17.1 Å². The molecule has 0 atom stereocenters. The molecule has 0 radical (unpaired) electrons. The van der Waals surface area contributed by atoms with Gasteiger partial charge in [-0.05, 0) is 48.4 Å². The second-order valence-corrected chi connectivity index (χ2v) is 6.30. The van der Waals surface area contributed by atoms with Crippen molar-refractivity contribution >= 4 is 15.9 Å². The van der Waals surface area contributed by atoms with Gasteiger partial charge in [-0.3, -0.25) is 0 Å². The smallest absolute Gasteiger partial charge is 0.123 e. The maximum atomic E-state index is 13.2. The van der Waals surface area contributed by atoms with E-state index in [4.69, 9.17) is 0 Å². The van der Waals surface area contributed by atoms with Gasteiger partial charge in [0.1, 0.15) is 5.82 Å². The summed E-state index contributed by atoms with van der Waals surface area (Å²) in [4.78, 5) is 0. The summed E-state index contributed by atoms with van der Waals surface area (Å²) < 4.78 is 14.2. The highest BCUT2D eigenvalue weighted by molar-refractivity contribution is 9.10. The maximum Gasteiger partial charge on any atom is 0.123 e. The van der Waals surface area contributed by atoms with Crippen LogP contribution in [0.15, 0.2) is 22.7 Å². The summed E-state index contributed by atoms with van der Waals surface area (Å²) in [7, 11) is 0. The van der Waals surface area contributed by atoms with Crippen LogP contribution in [0.4, 0.5) is 4.39 Å². The Labute approximate surface area is 111 Å². The zero-order valence-corrected chi connectivity index (χ0v) is 12.0. The summed E-state index contributed by atoms with van der Waals surface area (Å²) in [6, 6.07) is 5.47. The summed E-state index contributed by atoms with van der Waals surface area (Å²) in [5.41, 5.74) is 1.45. The Kier molecular flexibility index (Phi) is 3.88. The first-order valence-corrected chi connectivity index (χ1v) is 6.97. The van der Waals surface area contributed by atoms with E-state index in [-0.39, 0.29) is 5.82 Å². The number of rotatable bonds is 5. The molecule has 0 bridgehead atoms. The van der Waals surface area contributed by atoms with Gasteiger partial charge in [-0.1, -0.05) is 29.8 Å². The lowest BCUT2D eigenvalue weighted by Gasteiger charge is -2.18. The quantitative estimate of drug-likeness (QED) is 0.869. The Hall–Kier alpha value is -0.410. The van der Waals surface area contributed by atoms with Crippen LogP contribution in [0.3, 0.4) is 0 Å². The van der Waals surface area contributed by atoms with E-state index in [0.717, 1.165) is 23.0 Å². The molecule has 17 heavy (non-hydrogen) atoms. The number of hydrogen-bond donors (Lipinski definition) is 1. The number of nitrogens with one attached hydrogen (secondary N) is 1. The Morgan fingerprint density at radius 3 is 2.71 bits per heavy atom. The Morgan fingerprint density at radius 2 is 2.12 bits per heavy atom. The van der Waals surface area contributed by atoms with Crippen LogP contribution in [0, 0.1) is 11.2 Å². The molecule has 0 heterocycles. The van der Waals surface area contributed by atoms with Crippen LogP contribution in [0.25, 0.3) is 0 Å². The molecule has 0 saturated heterocycles. The fraction of sp³-hybridized carbons (Fsp3) is 0.571. The molecule has 1 aliphatic carbocycles. The minimum absolute atomic E-state index is 0.143. The first-order chi connectivity index (χ1) is 8.01. The van der Waals surface area contributed by atoms with Crippen LogP contribution >= 0.6 is 15.9 Å². The highest BCUT2D eigenvalue weighted by atomic mass is 79.9. The fourth-order valence-electron chi connectivity index (χ4n) is 2.10. The Balaban J connectivity index is 2.02. The van der Waals surface area contributed by atoms with Crippen LogP contribution in [0.2, 0.25) is 0 Å². The van der Waals surface area contributed by atoms with E-state index in [1.54, 1.807) is 12.1 Å². The van der Waals surface area contributed by atoms with Crippen LogP contribution in [0.5, 0.6) is 0 Å². The normalized spacial score (nSPS) is 17.5. The lowest BCUT2D eigenvalue weighted by atomic mass is 9.96. The SMILES string of the molecule is CC(C)NCC1(Cc2cc(F)ccc2Br)CC1. The van der Waals surface area contributed by atoms with Crippen molar-refractivity contribution in [2.24, 2.45) is 5.41 Å². The summed E-state index contributed by atoms with van der Waals surface area (Å²) >= 11 is 3.50. The van der Waals surface area contributed by atoms with Crippen molar-refractivity contribution in [1.29, 1.82) is 0 Å². The molecule has 94 valence electrons. The molecule has 0 aliphatic heterocycles. The van der Waals surface area contributed by atoms with E-state index >= 15 is 0 Å². The molecule has 2 rings (SSSR count). The van der Waals surface area contributed by atoms with Gasteiger partial charge in [0.05, 0.1) is 0 Å². The van der Waals surface area contributed by atoms with Crippen LogP contribution < -0.4 is 5.32 Å². The highest BCUT2D eigenvalue weighted by Gasteiger charge is 2.42. The zero-order valence-electron chi connectivity index (χ0n) is 10.4. The van der Waals surface area contributed by atoms with Crippen molar-refractivity contribution in [3.05, 3.63) is 34.1 Å². The number of hydrogen-bond acceptors (Lipinski definition) is 1. The van der Waals surface area contributed by atoms with Gasteiger partial charge < -0.3 is 5.32 Å². The Bertz CT molecular complexity index is 399. The van der Waals surface area contributed by atoms with Crippen molar-refractivity contribution in [2.75, 3.05) is 6.54 Å². The predicted molar refractivity (Wildman–Crippen MR) is 72.6 cm³/mol. The van der Waals surface area contributed by atoms with Gasteiger partial charge in [-0.25, -0.2) is 4.39 Å². The van der Waals surface area contributed by atoms with E-state index in [2.05, 4.69) is 35.1 Å². The van der Waals surface area contributed by atoms with E-state index in [1.165, 1.54) is 18.9 Å². The molecule has 0 unspecified atom stereocenters. The van der Waals surface area contributed by atoms with Gasteiger partial charge >= 0.3 is 0 Å². The van der Waals surface area contributed by atoms with Gasteiger partial charge in [0.25, 0.3) is 0 Å². The first-order valence-electron chi connectivity index (χ1n) is 6.18. The zero-order chi connectivity index (χ0) is 12.5. The minimum Gasteiger partial charge on any atom is -0.314 e. The minimum atomic E-state index is -0.143. The number of halogens is 2. The first kappa shape index (κ1) is 13.0. The van der Waals surface area contributed by atoms with E-state index in [9.17, 15) is 4.39 Å². The molecule has 0 amide bonds. The summed E-state index contributed by atoms with van der Waals surface area (Å²) in [5.74, 6) is -0.143. The molecule has 1 saturated carbocycles. The van der Waals surface area contributed by atoms with Crippen LogP contribution in [0.1, 0.15) is 32.3 Å². The van der Waals surface area contributed by atoms with E-state index in [0.29, 0.717) is 11.5 Å². The van der Waals surface area contributed by atoms with Crippen molar-refractivity contribution < 1.29 is 4.39 Å². The lowest BCUT2D eigenvalue weighted by molar-refractivity contribution is 0.428. The molecule has 0 spiro atoms. The molecule has 1 aliphatic rings. The van der Waals surface area contributed by atoms with Gasteiger partial charge in [0.15, 0.2) is 0 Å². The van der Waals surface area contributed by atoms with Crippen molar-refractivity contribution in [3.8, 4) is 0 Å². The maximum absolute atomic E-state index is 13.2. The third-order valence-electron chi connectivity index (χ3n) is 3.42. The highest BCUT2D eigenvalue weighted by Crippen LogP contribution is 2.48. The molecule has 1 aromatic carbocycles. The molecule has 3 heteroatoms. The predicted octanol–water partition coefficient (Wildman–Crippen LogP) is 3.91. The monoisotopic (exact) mass is 299 g/mol. The lowest BCUT2D eigenvalue weighted by Crippen LogP contribution is -2.31. The molecule has 1 nitrogen and oxygen atoms in total. The molecule has 0 aromatic heterocycles. The average Bonchev–Trinajstić information content (AvgIpc) is 3.02. The number of benzene rings is 1. The summed E-state index contributed by atoms with van der Waals surface area (Å²) in [5, 5.41) is 3.49. The van der Waals surface area contributed by atoms with Gasteiger partial charge in [-0.15, -0.1) is 0 Å². The standard InChI is InChI=1S/C14H19BrFN/c1-10(2)17-9-14(5-6-14)8-11-7-12(16)3-4-13(11)15/h3-4,7,10,17H,5-6,8-9H2,1-2H3. The van der Waals surface area contributed by atoms with E-state index < -0.39 is 0 Å². The fourth-order valence-corrected chi connectivity index (χ4v) is 2.48. The third-order valence-corrected chi connectivity index (χ3v) is 4.19. The molecule has 1 N–H and O–H groups in total. The summed E-state index contributed by atoms with van der Waals surface area (Å²) in [6.45, 7) is 5.36. The second kappa shape index (κ2) is 5.07. The second-order valence-electron chi connectivity index (χ2n) is 5.45. The molecular formula is C14H19BrFN. The van der Waals surface area contributed by atoms with Gasteiger partial charge in [0.2, 0.25) is 0 Å². The molecule has 1 fully saturated rings. The Morgan fingerprint density at radius 1 is 1.41 bits per heavy atom.